The van der Waals surface area contributed by atoms with Gasteiger partial charge in [-0.25, -0.2) is 14.4 Å². The van der Waals surface area contributed by atoms with Crippen molar-refractivity contribution in [2.24, 2.45) is 5.73 Å². The number of hydroxylamine groups is 2. The number of nitrogens with two attached hydrogens (primary N) is 1. The van der Waals surface area contributed by atoms with Crippen LogP contribution >= 0.6 is 34.8 Å². The number of nitrogens with zero attached hydrogens (tertiary/aromatic N) is 2. The average molecular weight is 631 g/mol. The number of aliphatic carboxylic acids is 1. The monoisotopic (exact) mass is 629 g/mol. The number of halogens is 3. The highest BCUT2D eigenvalue weighted by atomic mass is 35.6. The second-order valence-electron chi connectivity index (χ2n) is 10.3. The van der Waals surface area contributed by atoms with Gasteiger partial charge in [0.05, 0.1) is 6.04 Å². The molecule has 11 nitrogen and oxygen atoms in total. The molecule has 1 aliphatic heterocycles. The first-order valence-electron chi connectivity index (χ1n) is 12.4. The Morgan fingerprint density at radius 1 is 1.02 bits per heavy atom. The first-order valence-corrected chi connectivity index (χ1v) is 13.6. The molecule has 1 aliphatic rings. The molecule has 0 bridgehead atoms. The molecule has 14 heteroatoms. The second-order valence-corrected chi connectivity index (χ2v) is 12.5. The molecule has 3 N–H and O–H groups in total. The molecule has 222 valence electrons. The van der Waals surface area contributed by atoms with Crippen LogP contribution < -0.4 is 5.73 Å². The van der Waals surface area contributed by atoms with E-state index in [4.69, 9.17) is 54.8 Å². The van der Waals surface area contributed by atoms with Crippen LogP contribution in [0, 0.1) is 0 Å². The van der Waals surface area contributed by atoms with Crippen molar-refractivity contribution in [2.45, 2.75) is 61.4 Å². The minimum atomic E-state index is -2.42. The summed E-state index contributed by atoms with van der Waals surface area (Å²) in [5.74, 6) is -2.05. The average Bonchev–Trinajstić information content (AvgIpc) is 2.87. The van der Waals surface area contributed by atoms with Gasteiger partial charge in [-0.05, 0) is 91.7 Å². The summed E-state index contributed by atoms with van der Waals surface area (Å²) in [6, 6.07) is 13.5. The van der Waals surface area contributed by atoms with Gasteiger partial charge in [0.2, 0.25) is 5.91 Å². The quantitative estimate of drug-likeness (QED) is 0.307. The number of piperidine rings is 1. The van der Waals surface area contributed by atoms with E-state index in [1.54, 1.807) is 51.1 Å². The van der Waals surface area contributed by atoms with E-state index in [0.29, 0.717) is 5.56 Å². The Labute approximate surface area is 251 Å². The Morgan fingerprint density at radius 3 is 2.15 bits per heavy atom. The smallest absolute Gasteiger partial charge is 0.437 e. The molecule has 1 saturated heterocycles. The Morgan fingerprint density at radius 2 is 1.63 bits per heavy atom. The van der Waals surface area contributed by atoms with Gasteiger partial charge in [0.15, 0.2) is 5.54 Å². The maximum Gasteiger partial charge on any atom is 0.437 e. The van der Waals surface area contributed by atoms with E-state index in [0.717, 1.165) is 9.96 Å². The van der Waals surface area contributed by atoms with E-state index < -0.39 is 45.2 Å². The molecule has 0 radical (unpaired) electrons. The maximum atomic E-state index is 13.6. The van der Waals surface area contributed by atoms with Gasteiger partial charge in [-0.3, -0.25) is 14.5 Å². The van der Waals surface area contributed by atoms with Crippen LogP contribution in [0.1, 0.15) is 55.1 Å². The van der Waals surface area contributed by atoms with Crippen LogP contribution in [-0.2, 0) is 31.3 Å². The Balaban J connectivity index is 2.04. The van der Waals surface area contributed by atoms with Crippen LogP contribution in [0.15, 0.2) is 54.6 Å². The van der Waals surface area contributed by atoms with Crippen LogP contribution in [0.2, 0.25) is 0 Å². The predicted octanol–water partition coefficient (Wildman–Crippen LogP) is 5.36. The van der Waals surface area contributed by atoms with Crippen molar-refractivity contribution < 1.29 is 38.6 Å². The van der Waals surface area contributed by atoms with E-state index in [1.165, 1.54) is 24.3 Å². The summed E-state index contributed by atoms with van der Waals surface area (Å²) in [7, 11) is 0. The zero-order valence-corrected chi connectivity index (χ0v) is 24.8. The summed E-state index contributed by atoms with van der Waals surface area (Å²) in [6.45, 7) is 4.44. The van der Waals surface area contributed by atoms with Gasteiger partial charge in [-0.2, -0.15) is 5.06 Å². The fourth-order valence-electron chi connectivity index (χ4n) is 4.43. The molecule has 0 spiro atoms. The highest BCUT2D eigenvalue weighted by molar-refractivity contribution is 6.66. The third-order valence-electron chi connectivity index (χ3n) is 6.24. The number of carboxylic acid groups (broad SMARTS) is 1. The number of amides is 3. The molecule has 2 aromatic rings. The van der Waals surface area contributed by atoms with Crippen molar-refractivity contribution >= 4 is 58.9 Å². The van der Waals surface area contributed by atoms with E-state index in [9.17, 15) is 24.3 Å². The van der Waals surface area contributed by atoms with Gasteiger partial charge < -0.3 is 20.3 Å². The zero-order chi connectivity index (χ0) is 30.6. The van der Waals surface area contributed by atoms with Gasteiger partial charge in [0.25, 0.3) is 0 Å². The molecule has 3 rings (SSSR count). The number of primary amides is 1. The first kappa shape index (κ1) is 32.3. The lowest BCUT2D eigenvalue weighted by atomic mass is 9.79. The largest absolute Gasteiger partial charge is 0.479 e. The van der Waals surface area contributed by atoms with Crippen LogP contribution in [0.5, 0.6) is 0 Å². The van der Waals surface area contributed by atoms with Crippen molar-refractivity contribution in [1.29, 1.82) is 0 Å². The molecule has 2 aromatic carbocycles. The highest BCUT2D eigenvalue weighted by Gasteiger charge is 2.54. The molecule has 41 heavy (non-hydrogen) atoms. The summed E-state index contributed by atoms with van der Waals surface area (Å²) in [4.78, 5) is 58.0. The SMILES string of the molecule is CC(C)(C)OC(=O)N1C[C@H](N(OCc2ccccc2)C(=O)OC(Cl)(Cl)Cl)CC[C@@]1(C(=O)O)c1ccc(C(N)=O)cc1. The topological polar surface area (TPSA) is 149 Å². The third-order valence-corrected chi connectivity index (χ3v) is 6.47. The molecule has 0 aliphatic carbocycles. The lowest BCUT2D eigenvalue weighted by molar-refractivity contribution is -0.191. The van der Waals surface area contributed by atoms with Crippen LogP contribution in [0.4, 0.5) is 9.59 Å². The lowest BCUT2D eigenvalue weighted by Crippen LogP contribution is -2.63. The third kappa shape index (κ3) is 8.16. The standard InChI is InChI=1S/C27H30Cl3N3O8/c1-25(2,3)40-23(37)32-15-20(13-14-26(32,22(35)36)19-11-9-18(10-12-19)21(31)34)33(24(38)41-27(28,29)30)39-16-17-7-5-4-6-8-17/h4-12,20H,13-16H2,1-3H3,(H2,31,34)(H,35,36)/t20-,26+/m1/s1. The number of benzene rings is 2. The van der Waals surface area contributed by atoms with Gasteiger partial charge in [-0.15, -0.1) is 0 Å². The molecule has 3 amide bonds. The molecule has 1 heterocycles. The maximum absolute atomic E-state index is 13.6. The number of alkyl halides is 3. The summed E-state index contributed by atoms with van der Waals surface area (Å²) in [6.07, 6.45) is -2.29. The molecular weight excluding hydrogens is 601 g/mol. The fourth-order valence-corrected chi connectivity index (χ4v) is 4.63. The number of hydrogen-bond donors (Lipinski definition) is 2. The van der Waals surface area contributed by atoms with Crippen LogP contribution in [0.25, 0.3) is 0 Å². The number of carboxylic acids is 1. The summed E-state index contributed by atoms with van der Waals surface area (Å²) in [5.41, 5.74) is 3.48. The fraction of sp³-hybridized carbons (Fsp3) is 0.407. The summed E-state index contributed by atoms with van der Waals surface area (Å²) >= 11 is 17.1. The van der Waals surface area contributed by atoms with E-state index in [-0.39, 0.29) is 37.1 Å². The van der Waals surface area contributed by atoms with Crippen molar-refractivity contribution in [2.75, 3.05) is 6.54 Å². The van der Waals surface area contributed by atoms with Crippen molar-refractivity contribution in [3.05, 3.63) is 71.3 Å². The number of carbonyl (C=O) groups excluding carboxylic acids is 3. The van der Waals surface area contributed by atoms with E-state index >= 15 is 0 Å². The molecule has 0 aromatic heterocycles. The number of hydrogen-bond acceptors (Lipinski definition) is 7. The highest BCUT2D eigenvalue weighted by Crippen LogP contribution is 2.41. The van der Waals surface area contributed by atoms with Crippen LogP contribution in [0.3, 0.4) is 0 Å². The molecule has 1 fully saturated rings. The number of carbonyl (C=O) groups is 4. The Bertz CT molecular complexity index is 1270. The van der Waals surface area contributed by atoms with Crippen molar-refractivity contribution in [3.63, 3.8) is 0 Å². The second kappa shape index (κ2) is 12.7. The van der Waals surface area contributed by atoms with Gasteiger partial charge >= 0.3 is 22.1 Å². The molecule has 0 saturated carbocycles. The number of likely N-dealkylation sites (tertiary alicyclic amines) is 1. The minimum absolute atomic E-state index is 0.0207. The minimum Gasteiger partial charge on any atom is -0.479 e. The van der Waals surface area contributed by atoms with Crippen LogP contribution in [-0.4, -0.2) is 61.3 Å². The first-order chi connectivity index (χ1) is 19.0. The Kier molecular flexibility index (Phi) is 10.0. The zero-order valence-electron chi connectivity index (χ0n) is 22.5. The molecule has 0 unspecified atom stereocenters. The lowest BCUT2D eigenvalue weighted by Gasteiger charge is -2.48. The van der Waals surface area contributed by atoms with E-state index in [2.05, 4.69) is 0 Å². The Hall–Kier alpha value is -3.25. The van der Waals surface area contributed by atoms with Crippen molar-refractivity contribution in [1.82, 2.24) is 9.96 Å². The normalized spacial score (nSPS) is 19.3. The number of rotatable bonds is 7. The van der Waals surface area contributed by atoms with Crippen molar-refractivity contribution in [3.8, 4) is 0 Å². The predicted molar refractivity (Wildman–Crippen MR) is 150 cm³/mol. The number of ether oxygens (including phenoxy) is 2. The van der Waals surface area contributed by atoms with Gasteiger partial charge in [0.1, 0.15) is 12.2 Å². The van der Waals surface area contributed by atoms with Gasteiger partial charge in [0, 0.05) is 12.1 Å². The molecule has 2 atom stereocenters. The summed E-state index contributed by atoms with van der Waals surface area (Å²) in [5, 5.41) is 11.4. The summed E-state index contributed by atoms with van der Waals surface area (Å²) < 4.78 is 8.06. The molecular formula is C27H30Cl3N3O8. The van der Waals surface area contributed by atoms with Gasteiger partial charge in [-0.1, -0.05) is 42.5 Å². The van der Waals surface area contributed by atoms with E-state index in [1.807, 2.05) is 0 Å².